The molecule has 1 saturated heterocycles. The molecule has 0 radical (unpaired) electrons. The molecule has 9 nitrogen and oxygen atoms in total. The van der Waals surface area contributed by atoms with Gasteiger partial charge in [0, 0.05) is 24.2 Å². The number of aliphatic carboxylic acids is 1. The topological polar surface area (TPSA) is 126 Å². The van der Waals surface area contributed by atoms with Crippen molar-refractivity contribution in [2.45, 2.75) is 12.6 Å². The fourth-order valence-corrected chi connectivity index (χ4v) is 3.31. The highest BCUT2D eigenvalue weighted by molar-refractivity contribution is 6.07. The molecule has 33 heavy (non-hydrogen) atoms. The SMILES string of the molecule is COc1ccc(-c2cnc3[nH]cc(C(=O)C4CCNC4)c3n2)cc1OC.O=C(O)C(F)(F)F. The third kappa shape index (κ3) is 5.40. The molecule has 12 heteroatoms. The summed E-state index contributed by atoms with van der Waals surface area (Å²) in [6.07, 6.45) is -0.830. The number of benzene rings is 1. The zero-order valence-electron chi connectivity index (χ0n) is 17.7. The lowest BCUT2D eigenvalue weighted by Gasteiger charge is -2.09. The Labute approximate surface area is 185 Å². The number of methoxy groups -OCH3 is 2. The van der Waals surface area contributed by atoms with Crippen LogP contribution in [-0.2, 0) is 4.79 Å². The van der Waals surface area contributed by atoms with Crippen molar-refractivity contribution in [3.8, 4) is 22.8 Å². The number of hydrogen-bond donors (Lipinski definition) is 3. The number of nitrogens with zero attached hydrogens (tertiary/aromatic N) is 2. The number of ketones is 1. The predicted octanol–water partition coefficient (Wildman–Crippen LogP) is 3.07. The third-order valence-electron chi connectivity index (χ3n) is 5.00. The predicted molar refractivity (Wildman–Crippen MR) is 111 cm³/mol. The average Bonchev–Trinajstić information content (AvgIpc) is 3.47. The second-order valence-electron chi connectivity index (χ2n) is 7.08. The normalized spacial score (nSPS) is 15.6. The van der Waals surface area contributed by atoms with Crippen LogP contribution in [0.25, 0.3) is 22.4 Å². The number of fused-ring (bicyclic) bond motifs is 1. The van der Waals surface area contributed by atoms with Crippen LogP contribution in [0.15, 0.2) is 30.6 Å². The summed E-state index contributed by atoms with van der Waals surface area (Å²) in [6.45, 7) is 1.59. The van der Waals surface area contributed by atoms with Crippen molar-refractivity contribution in [2.75, 3.05) is 27.3 Å². The van der Waals surface area contributed by atoms with E-state index >= 15 is 0 Å². The van der Waals surface area contributed by atoms with Gasteiger partial charge in [-0.3, -0.25) is 4.79 Å². The number of nitrogens with one attached hydrogen (secondary N) is 2. The molecule has 3 heterocycles. The molecule has 0 spiro atoms. The van der Waals surface area contributed by atoms with Crippen molar-refractivity contribution in [1.29, 1.82) is 0 Å². The van der Waals surface area contributed by atoms with Crippen molar-refractivity contribution in [3.63, 3.8) is 0 Å². The first-order valence-corrected chi connectivity index (χ1v) is 9.77. The lowest BCUT2D eigenvalue weighted by atomic mass is 9.98. The molecule has 3 aromatic rings. The summed E-state index contributed by atoms with van der Waals surface area (Å²) in [7, 11) is 3.19. The van der Waals surface area contributed by atoms with E-state index in [-0.39, 0.29) is 11.7 Å². The first-order chi connectivity index (χ1) is 15.7. The number of halogens is 3. The Morgan fingerprint density at radius 3 is 2.45 bits per heavy atom. The molecular formula is C21H21F3N4O5. The molecule has 1 atom stereocenters. The lowest BCUT2D eigenvalue weighted by Crippen LogP contribution is -2.21. The zero-order chi connectivity index (χ0) is 24.2. The number of rotatable bonds is 5. The van der Waals surface area contributed by atoms with Gasteiger partial charge in [0.05, 0.1) is 31.7 Å². The van der Waals surface area contributed by atoms with Crippen LogP contribution in [0.1, 0.15) is 16.8 Å². The van der Waals surface area contributed by atoms with Crippen LogP contribution < -0.4 is 14.8 Å². The fraction of sp³-hybridized carbons (Fsp3) is 0.333. The van der Waals surface area contributed by atoms with Crippen LogP contribution >= 0.6 is 0 Å². The Kier molecular flexibility index (Phi) is 7.16. The minimum atomic E-state index is -5.08. The number of Topliss-reactive ketones (excluding diaryl/α,β-unsaturated/α-hetero) is 1. The van der Waals surface area contributed by atoms with Gasteiger partial charge in [0.15, 0.2) is 22.9 Å². The van der Waals surface area contributed by atoms with Crippen LogP contribution in [0, 0.1) is 5.92 Å². The first kappa shape index (κ1) is 24.0. The molecule has 3 N–H and O–H groups in total. The second-order valence-corrected chi connectivity index (χ2v) is 7.08. The molecule has 0 bridgehead atoms. The third-order valence-corrected chi connectivity index (χ3v) is 5.00. The van der Waals surface area contributed by atoms with E-state index in [1.165, 1.54) is 0 Å². The molecule has 2 aromatic heterocycles. The molecule has 176 valence electrons. The summed E-state index contributed by atoms with van der Waals surface area (Å²) in [6, 6.07) is 5.57. The Hall–Kier alpha value is -3.67. The van der Waals surface area contributed by atoms with Gasteiger partial charge in [-0.05, 0) is 31.2 Å². The maximum atomic E-state index is 12.8. The van der Waals surface area contributed by atoms with Gasteiger partial charge < -0.3 is 24.9 Å². The maximum absolute atomic E-state index is 12.8. The minimum absolute atomic E-state index is 0.000497. The standard InChI is InChI=1S/C19H20N4O3.C2HF3O2/c1-25-15-4-3-11(7-16(15)26-2)14-10-22-19-17(23-14)13(9-21-19)18(24)12-5-6-20-8-12;3-2(4,5)1(6)7/h3-4,7,9-10,12,20H,5-6,8H2,1-2H3,(H,21,22);(H,6,7). The molecule has 0 saturated carbocycles. The molecule has 1 fully saturated rings. The van der Waals surface area contributed by atoms with Gasteiger partial charge in [-0.15, -0.1) is 0 Å². The number of carboxylic acid groups (broad SMARTS) is 1. The maximum Gasteiger partial charge on any atom is 0.490 e. The average molecular weight is 466 g/mol. The quantitative estimate of drug-likeness (QED) is 0.490. The highest BCUT2D eigenvalue weighted by Crippen LogP contribution is 2.32. The van der Waals surface area contributed by atoms with Gasteiger partial charge >= 0.3 is 12.1 Å². The van der Waals surface area contributed by atoms with Crippen LogP contribution in [0.2, 0.25) is 0 Å². The molecule has 4 rings (SSSR count). The van der Waals surface area contributed by atoms with Gasteiger partial charge in [0.1, 0.15) is 5.52 Å². The zero-order valence-corrected chi connectivity index (χ0v) is 17.7. The van der Waals surface area contributed by atoms with Crippen molar-refractivity contribution in [3.05, 3.63) is 36.2 Å². The molecule has 1 aromatic carbocycles. The number of carbonyl (C=O) groups excluding carboxylic acids is 1. The summed E-state index contributed by atoms with van der Waals surface area (Å²) >= 11 is 0. The monoisotopic (exact) mass is 466 g/mol. The number of alkyl halides is 3. The molecule has 0 aliphatic carbocycles. The highest BCUT2D eigenvalue weighted by Gasteiger charge is 2.38. The van der Waals surface area contributed by atoms with Crippen LogP contribution in [0.4, 0.5) is 13.2 Å². The van der Waals surface area contributed by atoms with Crippen LogP contribution in [0.3, 0.4) is 0 Å². The van der Waals surface area contributed by atoms with E-state index < -0.39 is 12.1 Å². The molecule has 1 aliphatic rings. The summed E-state index contributed by atoms with van der Waals surface area (Å²) in [5, 5.41) is 10.4. The molecule has 1 aliphatic heterocycles. The van der Waals surface area contributed by atoms with Gasteiger partial charge in [-0.2, -0.15) is 13.2 Å². The van der Waals surface area contributed by atoms with Gasteiger partial charge in [0.25, 0.3) is 0 Å². The molecule has 1 unspecified atom stereocenters. The van der Waals surface area contributed by atoms with E-state index in [0.717, 1.165) is 18.5 Å². The Bertz CT molecular complexity index is 1160. The Morgan fingerprint density at radius 1 is 1.18 bits per heavy atom. The Morgan fingerprint density at radius 2 is 1.88 bits per heavy atom. The van der Waals surface area contributed by atoms with E-state index in [1.54, 1.807) is 26.6 Å². The van der Waals surface area contributed by atoms with E-state index in [1.807, 2.05) is 18.2 Å². The van der Waals surface area contributed by atoms with E-state index in [0.29, 0.717) is 40.5 Å². The highest BCUT2D eigenvalue weighted by atomic mass is 19.4. The smallest absolute Gasteiger partial charge is 0.490 e. The van der Waals surface area contributed by atoms with Gasteiger partial charge in [-0.25, -0.2) is 14.8 Å². The fourth-order valence-electron chi connectivity index (χ4n) is 3.31. The van der Waals surface area contributed by atoms with Crippen molar-refractivity contribution in [1.82, 2.24) is 20.3 Å². The van der Waals surface area contributed by atoms with E-state index in [2.05, 4.69) is 15.3 Å². The number of carbonyl (C=O) groups is 2. The lowest BCUT2D eigenvalue weighted by molar-refractivity contribution is -0.192. The summed E-state index contributed by atoms with van der Waals surface area (Å²) in [5.74, 6) is -1.38. The number of carboxylic acids is 1. The van der Waals surface area contributed by atoms with Crippen LogP contribution in [-0.4, -0.2) is 65.3 Å². The minimum Gasteiger partial charge on any atom is -0.493 e. The van der Waals surface area contributed by atoms with Crippen molar-refractivity contribution in [2.24, 2.45) is 5.92 Å². The van der Waals surface area contributed by atoms with Crippen molar-refractivity contribution < 1.29 is 37.3 Å². The first-order valence-electron chi connectivity index (χ1n) is 9.77. The van der Waals surface area contributed by atoms with Crippen LogP contribution in [0.5, 0.6) is 11.5 Å². The summed E-state index contributed by atoms with van der Waals surface area (Å²) < 4.78 is 42.4. The number of H-pyrrole nitrogens is 1. The van der Waals surface area contributed by atoms with Gasteiger partial charge in [0.2, 0.25) is 0 Å². The number of aromatic amines is 1. The molecular weight excluding hydrogens is 445 g/mol. The number of aromatic nitrogens is 3. The summed E-state index contributed by atoms with van der Waals surface area (Å²) in [5.41, 5.74) is 3.34. The van der Waals surface area contributed by atoms with Crippen molar-refractivity contribution >= 4 is 22.9 Å². The van der Waals surface area contributed by atoms with E-state index in [9.17, 15) is 18.0 Å². The molecule has 0 amide bonds. The largest absolute Gasteiger partial charge is 0.493 e. The Balaban J connectivity index is 0.000000383. The number of ether oxygens (including phenoxy) is 2. The van der Waals surface area contributed by atoms with Gasteiger partial charge in [-0.1, -0.05) is 0 Å². The summed E-state index contributed by atoms with van der Waals surface area (Å²) in [4.78, 5) is 33.9. The van der Waals surface area contributed by atoms with E-state index in [4.69, 9.17) is 24.4 Å². The number of hydrogen-bond acceptors (Lipinski definition) is 7. The second kappa shape index (κ2) is 9.86.